The summed E-state index contributed by atoms with van der Waals surface area (Å²) < 4.78 is 5.04. The molecule has 3 N–H and O–H groups in total. The quantitative estimate of drug-likeness (QED) is 0.728. The van der Waals surface area contributed by atoms with Crippen LogP contribution in [-0.4, -0.2) is 49.2 Å². The van der Waals surface area contributed by atoms with Crippen LogP contribution in [0.5, 0.6) is 0 Å². The zero-order valence-electron chi connectivity index (χ0n) is 17.1. The zero-order valence-corrected chi connectivity index (χ0v) is 17.9. The highest BCUT2D eigenvalue weighted by Gasteiger charge is 2.26. The smallest absolute Gasteiger partial charge is 0.409 e. The van der Waals surface area contributed by atoms with Crippen molar-refractivity contribution < 1.29 is 19.6 Å². The molecule has 1 aliphatic heterocycles. The van der Waals surface area contributed by atoms with E-state index in [0.717, 1.165) is 12.8 Å². The SMILES string of the molecule is CCOC(=O)N1CCC(NC(=O)C[NH2+][C@@H](c2ccc(C)cc2)c2cccs2)CC1. The van der Waals surface area contributed by atoms with Gasteiger partial charge in [-0.05, 0) is 38.1 Å². The number of hydrogen-bond donors (Lipinski definition) is 2. The third-order valence-corrected chi connectivity index (χ3v) is 6.17. The average Bonchev–Trinajstić information content (AvgIpc) is 3.25. The van der Waals surface area contributed by atoms with Gasteiger partial charge in [0.25, 0.3) is 5.91 Å². The summed E-state index contributed by atoms with van der Waals surface area (Å²) in [5.74, 6) is 0.0354. The molecule has 1 fully saturated rings. The van der Waals surface area contributed by atoms with Gasteiger partial charge in [0.1, 0.15) is 6.04 Å². The molecule has 3 rings (SSSR count). The number of nitrogens with zero attached hydrogens (tertiary/aromatic N) is 1. The first kappa shape index (κ1) is 21.3. The van der Waals surface area contributed by atoms with Gasteiger partial charge in [-0.3, -0.25) is 4.79 Å². The predicted molar refractivity (Wildman–Crippen MR) is 114 cm³/mol. The van der Waals surface area contributed by atoms with Crippen LogP contribution >= 0.6 is 11.3 Å². The number of amides is 2. The van der Waals surface area contributed by atoms with E-state index in [9.17, 15) is 9.59 Å². The summed E-state index contributed by atoms with van der Waals surface area (Å²) in [7, 11) is 0. The molecule has 6 nitrogen and oxygen atoms in total. The lowest BCUT2D eigenvalue weighted by molar-refractivity contribution is -0.676. The van der Waals surface area contributed by atoms with Crippen LogP contribution in [0, 0.1) is 6.92 Å². The Hall–Kier alpha value is -2.38. The number of nitrogens with one attached hydrogen (secondary N) is 1. The monoisotopic (exact) mass is 416 g/mol. The van der Waals surface area contributed by atoms with Crippen molar-refractivity contribution in [3.05, 3.63) is 57.8 Å². The predicted octanol–water partition coefficient (Wildman–Crippen LogP) is 2.45. The lowest BCUT2D eigenvalue weighted by atomic mass is 10.0. The van der Waals surface area contributed by atoms with Crippen LogP contribution in [0.15, 0.2) is 41.8 Å². The first-order valence-electron chi connectivity index (χ1n) is 10.2. The summed E-state index contributed by atoms with van der Waals surface area (Å²) in [5, 5.41) is 7.29. The number of carbonyl (C=O) groups is 2. The standard InChI is InChI=1S/C22H29N3O3S/c1-3-28-22(27)25-12-10-18(11-13-25)24-20(26)15-23-21(19-5-4-14-29-19)17-8-6-16(2)7-9-17/h4-9,14,18,21,23H,3,10-13,15H2,1-2H3,(H,24,26)/p+1/t21-/m0/s1. The molecule has 0 aliphatic carbocycles. The Labute approximate surface area is 176 Å². The number of carbonyl (C=O) groups excluding carboxylic acids is 2. The van der Waals surface area contributed by atoms with Crippen molar-refractivity contribution in [2.75, 3.05) is 26.2 Å². The fraction of sp³-hybridized carbons (Fsp3) is 0.455. The molecular formula is C22H30N3O3S+. The summed E-state index contributed by atoms with van der Waals surface area (Å²) in [6.45, 7) is 5.88. The summed E-state index contributed by atoms with van der Waals surface area (Å²) in [5.41, 5.74) is 2.43. The summed E-state index contributed by atoms with van der Waals surface area (Å²) in [6.07, 6.45) is 1.26. The van der Waals surface area contributed by atoms with Crippen LogP contribution < -0.4 is 10.6 Å². The molecule has 1 aromatic carbocycles. The third-order valence-electron chi connectivity index (χ3n) is 5.21. The van der Waals surface area contributed by atoms with Gasteiger partial charge in [-0.15, -0.1) is 11.3 Å². The van der Waals surface area contributed by atoms with E-state index in [4.69, 9.17) is 4.74 Å². The van der Waals surface area contributed by atoms with E-state index < -0.39 is 0 Å². The van der Waals surface area contributed by atoms with Gasteiger partial charge in [0.2, 0.25) is 0 Å². The lowest BCUT2D eigenvalue weighted by Crippen LogP contribution is -2.87. The second kappa shape index (κ2) is 10.4. The summed E-state index contributed by atoms with van der Waals surface area (Å²) in [4.78, 5) is 27.3. The highest BCUT2D eigenvalue weighted by Crippen LogP contribution is 2.23. The normalized spacial score (nSPS) is 15.7. The molecular weight excluding hydrogens is 386 g/mol. The van der Waals surface area contributed by atoms with E-state index in [1.54, 1.807) is 23.2 Å². The molecule has 1 aromatic heterocycles. The van der Waals surface area contributed by atoms with E-state index >= 15 is 0 Å². The van der Waals surface area contributed by atoms with Gasteiger partial charge in [-0.2, -0.15) is 0 Å². The van der Waals surface area contributed by atoms with Gasteiger partial charge in [0.15, 0.2) is 6.54 Å². The van der Waals surface area contributed by atoms with Gasteiger partial charge >= 0.3 is 6.09 Å². The number of likely N-dealkylation sites (tertiary alicyclic amines) is 1. The van der Waals surface area contributed by atoms with Crippen molar-refractivity contribution >= 4 is 23.3 Å². The lowest BCUT2D eigenvalue weighted by Gasteiger charge is -2.31. The highest BCUT2D eigenvalue weighted by molar-refractivity contribution is 7.10. The van der Waals surface area contributed by atoms with Crippen LogP contribution in [0.25, 0.3) is 0 Å². The second-order valence-electron chi connectivity index (χ2n) is 7.37. The Balaban J connectivity index is 1.51. The van der Waals surface area contributed by atoms with Crippen LogP contribution in [0.3, 0.4) is 0 Å². The maximum atomic E-state index is 12.5. The Bertz CT molecular complexity index is 784. The molecule has 2 amide bonds. The Morgan fingerprint density at radius 3 is 2.59 bits per heavy atom. The Morgan fingerprint density at radius 1 is 1.24 bits per heavy atom. The third kappa shape index (κ3) is 6.05. The van der Waals surface area contributed by atoms with Crippen molar-refractivity contribution in [2.24, 2.45) is 0 Å². The minimum atomic E-state index is -0.262. The molecule has 29 heavy (non-hydrogen) atoms. The summed E-state index contributed by atoms with van der Waals surface area (Å²) >= 11 is 1.71. The van der Waals surface area contributed by atoms with E-state index in [1.165, 1.54) is 16.0 Å². The number of rotatable bonds is 7. The largest absolute Gasteiger partial charge is 0.450 e. The Kier molecular flexibility index (Phi) is 7.66. The fourth-order valence-electron chi connectivity index (χ4n) is 3.59. The first-order valence-corrected chi connectivity index (χ1v) is 11.1. The maximum absolute atomic E-state index is 12.5. The molecule has 0 unspecified atom stereocenters. The highest BCUT2D eigenvalue weighted by atomic mass is 32.1. The number of nitrogens with two attached hydrogens (primary N) is 1. The van der Waals surface area contributed by atoms with Gasteiger partial charge in [0, 0.05) is 24.7 Å². The Morgan fingerprint density at radius 2 is 1.97 bits per heavy atom. The van der Waals surface area contributed by atoms with Gasteiger partial charge < -0.3 is 20.3 Å². The number of quaternary nitrogens is 1. The number of thiophene rings is 1. The average molecular weight is 417 g/mol. The van der Waals surface area contributed by atoms with Crippen LogP contribution in [-0.2, 0) is 9.53 Å². The fourth-order valence-corrected chi connectivity index (χ4v) is 4.44. The van der Waals surface area contributed by atoms with Gasteiger partial charge in [-0.1, -0.05) is 35.9 Å². The van der Waals surface area contributed by atoms with Crippen molar-refractivity contribution in [3.8, 4) is 0 Å². The zero-order chi connectivity index (χ0) is 20.6. The molecule has 1 saturated heterocycles. The molecule has 0 saturated carbocycles. The molecule has 0 bridgehead atoms. The summed E-state index contributed by atoms with van der Waals surface area (Å²) in [6, 6.07) is 12.9. The number of hydrogen-bond acceptors (Lipinski definition) is 4. The van der Waals surface area contributed by atoms with E-state index in [2.05, 4.69) is 53.3 Å². The number of piperidine rings is 1. The number of aryl methyl sites for hydroxylation is 1. The minimum Gasteiger partial charge on any atom is -0.450 e. The molecule has 7 heteroatoms. The van der Waals surface area contributed by atoms with Crippen molar-refractivity contribution in [2.45, 2.75) is 38.8 Å². The maximum Gasteiger partial charge on any atom is 0.409 e. The van der Waals surface area contributed by atoms with Crippen LogP contribution in [0.2, 0.25) is 0 Å². The molecule has 1 aliphatic rings. The minimum absolute atomic E-state index is 0.0354. The van der Waals surface area contributed by atoms with Crippen molar-refractivity contribution in [3.63, 3.8) is 0 Å². The van der Waals surface area contributed by atoms with Crippen molar-refractivity contribution in [1.29, 1.82) is 0 Å². The van der Waals surface area contributed by atoms with E-state index in [0.29, 0.717) is 26.2 Å². The number of benzene rings is 1. The van der Waals surface area contributed by atoms with E-state index in [1.807, 2.05) is 6.07 Å². The molecule has 1 atom stereocenters. The molecule has 0 radical (unpaired) electrons. The second-order valence-corrected chi connectivity index (χ2v) is 8.35. The van der Waals surface area contributed by atoms with Gasteiger partial charge in [-0.25, -0.2) is 4.79 Å². The van der Waals surface area contributed by atoms with E-state index in [-0.39, 0.29) is 24.1 Å². The molecule has 156 valence electrons. The molecule has 0 spiro atoms. The number of ether oxygens (including phenoxy) is 1. The topological polar surface area (TPSA) is 75.2 Å². The van der Waals surface area contributed by atoms with Crippen molar-refractivity contribution in [1.82, 2.24) is 10.2 Å². The molecule has 2 heterocycles. The first-order chi connectivity index (χ1) is 14.1. The van der Waals surface area contributed by atoms with Crippen LogP contribution in [0.4, 0.5) is 4.79 Å². The van der Waals surface area contributed by atoms with Crippen LogP contribution in [0.1, 0.15) is 41.8 Å². The molecule has 2 aromatic rings. The van der Waals surface area contributed by atoms with Gasteiger partial charge in [0.05, 0.1) is 11.5 Å².